The predicted molar refractivity (Wildman–Crippen MR) is 146 cm³/mol. The average Bonchev–Trinajstić information content (AvgIpc) is 3.39. The second-order valence-corrected chi connectivity index (χ2v) is 10.8. The van der Waals surface area contributed by atoms with Crippen LogP contribution in [-0.2, 0) is 4.79 Å². The first-order chi connectivity index (χ1) is 19.7. The van der Waals surface area contributed by atoms with Crippen molar-refractivity contribution in [2.45, 2.75) is 75.4 Å². The van der Waals surface area contributed by atoms with Crippen molar-refractivity contribution in [1.82, 2.24) is 20.4 Å². The topological polar surface area (TPSA) is 90.8 Å². The Bertz CT molecular complexity index is 1090. The lowest BCUT2D eigenvalue weighted by Crippen LogP contribution is -2.46. The van der Waals surface area contributed by atoms with E-state index >= 15 is 0 Å². The van der Waals surface area contributed by atoms with Gasteiger partial charge in [0.25, 0.3) is 5.70 Å². The van der Waals surface area contributed by atoms with E-state index in [1.165, 1.54) is 12.2 Å². The van der Waals surface area contributed by atoms with Crippen LogP contribution in [0.5, 0.6) is 0 Å². The first-order valence-corrected chi connectivity index (χ1v) is 14.0. The minimum Gasteiger partial charge on any atom is -0.381 e. The predicted octanol–water partition coefficient (Wildman–Crippen LogP) is 5.01. The molecule has 1 unspecified atom stereocenters. The maximum atomic E-state index is 12.8. The highest BCUT2D eigenvalue weighted by Crippen LogP contribution is 2.29. The number of nitrogens with zero attached hydrogens (tertiary/aromatic N) is 3. The molecule has 0 bridgehead atoms. The zero-order valence-electron chi connectivity index (χ0n) is 23.2. The van der Waals surface area contributed by atoms with Gasteiger partial charge < -0.3 is 20.4 Å². The number of hydrogen-bond acceptors (Lipinski definition) is 6. The highest BCUT2D eigenvalue weighted by atomic mass is 19.4. The van der Waals surface area contributed by atoms with E-state index in [9.17, 15) is 41.3 Å². The van der Waals surface area contributed by atoms with Crippen LogP contribution in [0.25, 0.3) is 0 Å². The largest absolute Gasteiger partial charge is 0.416 e. The van der Waals surface area contributed by atoms with Crippen molar-refractivity contribution in [2.24, 2.45) is 0 Å². The number of allylic oxidation sites excluding steroid dienone is 5. The van der Waals surface area contributed by atoms with Crippen molar-refractivity contribution >= 4 is 5.91 Å². The van der Waals surface area contributed by atoms with Gasteiger partial charge >= 0.3 is 12.4 Å². The fourth-order valence-corrected chi connectivity index (χ4v) is 5.18. The molecule has 0 aromatic rings. The van der Waals surface area contributed by atoms with Gasteiger partial charge in [-0.2, -0.15) is 26.3 Å². The van der Waals surface area contributed by atoms with Crippen molar-refractivity contribution in [3.63, 3.8) is 0 Å². The van der Waals surface area contributed by atoms with Crippen molar-refractivity contribution in [3.05, 3.63) is 70.1 Å². The van der Waals surface area contributed by atoms with Gasteiger partial charge in [-0.1, -0.05) is 24.3 Å². The molecule has 14 heteroatoms. The Morgan fingerprint density at radius 2 is 1.79 bits per heavy atom. The normalized spacial score (nSPS) is 23.0. The molecule has 2 N–H and O–H groups in total. The van der Waals surface area contributed by atoms with E-state index in [0.29, 0.717) is 38.8 Å². The second kappa shape index (κ2) is 14.9. The SMILES string of the molecule is C=C(/C=C\C(=C/CC(F)(F)F)N[C@@H]1CCN(C(=O)CCCN2CCC(NC3C=CC(C(F)(F)F)=CC3)CC2)C1)[N+](=O)[O-]. The van der Waals surface area contributed by atoms with Crippen molar-refractivity contribution in [3.8, 4) is 0 Å². The molecule has 3 aliphatic rings. The fourth-order valence-electron chi connectivity index (χ4n) is 5.18. The van der Waals surface area contributed by atoms with E-state index in [4.69, 9.17) is 0 Å². The Hall–Kier alpha value is -3.13. The van der Waals surface area contributed by atoms with Crippen molar-refractivity contribution in [1.29, 1.82) is 0 Å². The molecule has 2 aliphatic heterocycles. The van der Waals surface area contributed by atoms with Crippen LogP contribution in [-0.4, -0.2) is 83.8 Å². The highest BCUT2D eigenvalue weighted by molar-refractivity contribution is 5.76. The number of likely N-dealkylation sites (tertiary alicyclic amines) is 2. The summed E-state index contributed by atoms with van der Waals surface area (Å²) in [5.41, 5.74) is -0.989. The van der Waals surface area contributed by atoms with Gasteiger partial charge in [0.05, 0.1) is 16.9 Å². The van der Waals surface area contributed by atoms with Gasteiger partial charge in [0.2, 0.25) is 5.91 Å². The smallest absolute Gasteiger partial charge is 0.381 e. The van der Waals surface area contributed by atoms with Crippen molar-refractivity contribution in [2.75, 3.05) is 32.7 Å². The third kappa shape index (κ3) is 11.3. The fraction of sp³-hybridized carbons (Fsp3) is 0.607. The third-order valence-electron chi connectivity index (χ3n) is 7.48. The molecule has 42 heavy (non-hydrogen) atoms. The van der Waals surface area contributed by atoms with Crippen LogP contribution < -0.4 is 10.6 Å². The standard InChI is InChI=1S/C28H37F6N5O3/c1-20(39(41)42)4-7-23(10-14-27(29,30)31)36-25-13-18-38(19-25)26(40)3-2-15-37-16-11-24(12-17-37)35-22-8-5-21(6-9-22)28(32,33)34/h4-8,10,22,24-25,35-36H,1-3,9,11-19H2/b7-4-,23-10+/t22?,25-/m1/s1. The van der Waals surface area contributed by atoms with E-state index in [0.717, 1.165) is 50.7 Å². The van der Waals surface area contributed by atoms with Gasteiger partial charge in [0, 0.05) is 49.4 Å². The number of amides is 1. The zero-order valence-corrected chi connectivity index (χ0v) is 23.2. The number of rotatable bonds is 12. The molecule has 3 rings (SSSR count). The minimum atomic E-state index is -4.43. The van der Waals surface area contributed by atoms with Crippen LogP contribution in [0.15, 0.2) is 60.0 Å². The molecule has 2 atom stereocenters. The molecule has 0 radical (unpaired) electrons. The lowest BCUT2D eigenvalue weighted by atomic mass is 9.99. The Labute approximate surface area is 241 Å². The van der Waals surface area contributed by atoms with Crippen LogP contribution in [0, 0.1) is 10.1 Å². The molecule has 0 saturated carbocycles. The summed E-state index contributed by atoms with van der Waals surface area (Å²) in [4.78, 5) is 26.7. The summed E-state index contributed by atoms with van der Waals surface area (Å²) in [6.45, 7) is 6.41. The molecule has 1 amide bonds. The first kappa shape index (κ1) is 33.4. The number of halogens is 6. The van der Waals surface area contributed by atoms with Gasteiger partial charge in [-0.05, 0) is 64.4 Å². The van der Waals surface area contributed by atoms with Crippen LogP contribution in [0.4, 0.5) is 26.3 Å². The Kier molecular flexibility index (Phi) is 11.8. The zero-order chi connectivity index (χ0) is 30.9. The lowest BCUT2D eigenvalue weighted by Gasteiger charge is -2.34. The first-order valence-electron chi connectivity index (χ1n) is 14.0. The summed E-state index contributed by atoms with van der Waals surface area (Å²) in [5.74, 6) is -0.0377. The third-order valence-corrected chi connectivity index (χ3v) is 7.48. The van der Waals surface area contributed by atoms with E-state index < -0.39 is 35.0 Å². The average molecular weight is 606 g/mol. The lowest BCUT2D eigenvalue weighted by molar-refractivity contribution is -0.418. The number of carbonyl (C=O) groups is 1. The summed E-state index contributed by atoms with van der Waals surface area (Å²) in [5, 5.41) is 17.1. The molecule has 2 heterocycles. The van der Waals surface area contributed by atoms with Crippen LogP contribution in [0.3, 0.4) is 0 Å². The maximum absolute atomic E-state index is 12.8. The number of alkyl halides is 6. The Morgan fingerprint density at radius 3 is 2.38 bits per heavy atom. The van der Waals surface area contributed by atoms with Crippen LogP contribution in [0.1, 0.15) is 44.9 Å². The Balaban J connectivity index is 1.36. The maximum Gasteiger partial charge on any atom is 0.416 e. The molecule has 1 aliphatic carbocycles. The molecule has 0 aromatic carbocycles. The van der Waals surface area contributed by atoms with Gasteiger partial charge in [-0.3, -0.25) is 14.9 Å². The van der Waals surface area contributed by atoms with Gasteiger partial charge in [-0.15, -0.1) is 0 Å². The number of hydrogen-bond donors (Lipinski definition) is 2. The molecule has 234 valence electrons. The Morgan fingerprint density at radius 1 is 1.10 bits per heavy atom. The quantitative estimate of drug-likeness (QED) is 0.141. The van der Waals surface area contributed by atoms with Gasteiger partial charge in [0.1, 0.15) is 0 Å². The number of piperidine rings is 1. The summed E-state index contributed by atoms with van der Waals surface area (Å²) in [6, 6.07) is -0.185. The molecule has 2 saturated heterocycles. The molecule has 0 aromatic heterocycles. The van der Waals surface area contributed by atoms with Gasteiger partial charge in [-0.25, -0.2) is 0 Å². The summed E-state index contributed by atoms with van der Waals surface area (Å²) in [7, 11) is 0. The minimum absolute atomic E-state index is 0.0377. The molecular weight excluding hydrogens is 568 g/mol. The second-order valence-electron chi connectivity index (χ2n) is 10.8. The van der Waals surface area contributed by atoms with Gasteiger partial charge in [0.15, 0.2) is 0 Å². The van der Waals surface area contributed by atoms with Crippen molar-refractivity contribution < 1.29 is 36.1 Å². The summed E-state index contributed by atoms with van der Waals surface area (Å²) in [6.07, 6.45) is 0.657. The number of nitro groups is 1. The van der Waals surface area contributed by atoms with E-state index in [1.54, 1.807) is 11.0 Å². The number of nitrogens with one attached hydrogen (secondary N) is 2. The molecule has 0 spiro atoms. The highest BCUT2D eigenvalue weighted by Gasteiger charge is 2.33. The molecular formula is C28H37F6N5O3. The van der Waals surface area contributed by atoms with E-state index in [-0.39, 0.29) is 29.7 Å². The summed E-state index contributed by atoms with van der Waals surface area (Å²) < 4.78 is 76.5. The molecule has 2 fully saturated rings. The number of carbonyl (C=O) groups excluding carboxylic acids is 1. The van der Waals surface area contributed by atoms with Crippen LogP contribution >= 0.6 is 0 Å². The summed E-state index contributed by atoms with van der Waals surface area (Å²) >= 11 is 0. The monoisotopic (exact) mass is 605 g/mol. The van der Waals surface area contributed by atoms with E-state index in [1.807, 2.05) is 0 Å². The molecule has 8 nitrogen and oxygen atoms in total. The van der Waals surface area contributed by atoms with Crippen LogP contribution in [0.2, 0.25) is 0 Å². The van der Waals surface area contributed by atoms with E-state index in [2.05, 4.69) is 22.1 Å².